The predicted octanol–water partition coefficient (Wildman–Crippen LogP) is 3.78. The molecule has 4 rings (SSSR count). The maximum atomic E-state index is 14.8. The van der Waals surface area contributed by atoms with Gasteiger partial charge in [-0.05, 0) is 37.3 Å². The van der Waals surface area contributed by atoms with E-state index in [-0.39, 0.29) is 22.9 Å². The Morgan fingerprint density at radius 3 is 2.58 bits per heavy atom. The van der Waals surface area contributed by atoms with Gasteiger partial charge in [-0.15, -0.1) is 5.10 Å². The first-order valence-electron chi connectivity index (χ1n) is 9.23. The highest BCUT2D eigenvalue weighted by Crippen LogP contribution is 2.36. The van der Waals surface area contributed by atoms with E-state index in [0.29, 0.717) is 16.4 Å². The van der Waals surface area contributed by atoms with Crippen molar-refractivity contribution < 1.29 is 18.7 Å². The molecule has 8 nitrogen and oxygen atoms in total. The summed E-state index contributed by atoms with van der Waals surface area (Å²) >= 11 is 5.91. The molecule has 31 heavy (non-hydrogen) atoms. The number of carbonyl (C=O) groups excluding carboxylic acids is 2. The van der Waals surface area contributed by atoms with Gasteiger partial charge < -0.3 is 15.4 Å². The highest BCUT2D eigenvalue weighted by atomic mass is 35.5. The number of rotatable bonds is 4. The molecule has 0 saturated carbocycles. The van der Waals surface area contributed by atoms with Gasteiger partial charge in [0.15, 0.2) is 0 Å². The van der Waals surface area contributed by atoms with Crippen molar-refractivity contribution >= 4 is 35.1 Å². The third kappa shape index (κ3) is 3.87. The molecular formula is C21H17ClFN5O3. The molecular weight excluding hydrogens is 425 g/mol. The molecule has 0 aliphatic carbocycles. The lowest BCUT2D eigenvalue weighted by Gasteiger charge is -2.28. The number of nitrogens with one attached hydrogen (secondary N) is 2. The molecule has 10 heteroatoms. The molecule has 2 aromatic carbocycles. The van der Waals surface area contributed by atoms with Crippen molar-refractivity contribution in [3.63, 3.8) is 0 Å². The number of halogens is 2. The number of aromatic nitrogens is 3. The van der Waals surface area contributed by atoms with Crippen molar-refractivity contribution in [3.8, 4) is 0 Å². The van der Waals surface area contributed by atoms with Crippen LogP contribution in [-0.2, 0) is 9.53 Å². The molecule has 0 radical (unpaired) electrons. The molecule has 0 spiro atoms. The first kappa shape index (κ1) is 20.5. The van der Waals surface area contributed by atoms with Crippen LogP contribution in [0.15, 0.2) is 59.8 Å². The molecule has 1 aromatic heterocycles. The van der Waals surface area contributed by atoms with E-state index in [1.807, 2.05) is 0 Å². The number of ether oxygens (including phenoxy) is 1. The zero-order valence-corrected chi connectivity index (χ0v) is 17.3. The molecule has 3 aromatic rings. The summed E-state index contributed by atoms with van der Waals surface area (Å²) in [6.45, 7) is 1.67. The van der Waals surface area contributed by atoms with Crippen molar-refractivity contribution in [1.29, 1.82) is 0 Å². The number of methoxy groups -OCH3 is 1. The van der Waals surface area contributed by atoms with Gasteiger partial charge in [0.1, 0.15) is 11.9 Å². The maximum Gasteiger partial charge on any atom is 0.378 e. The minimum Gasteiger partial charge on any atom is -0.463 e. The van der Waals surface area contributed by atoms with Gasteiger partial charge in [-0.25, -0.2) is 13.9 Å². The van der Waals surface area contributed by atoms with Crippen LogP contribution >= 0.6 is 11.6 Å². The first-order valence-corrected chi connectivity index (χ1v) is 9.61. The SMILES string of the molecule is COC(=O)c1nc2n(n1)[C@@H](c1ccccc1F)C(C(=O)Nc1ccc(Cl)cc1)=C(C)N2. The lowest BCUT2D eigenvalue weighted by molar-refractivity contribution is -0.113. The Balaban J connectivity index is 1.81. The highest BCUT2D eigenvalue weighted by molar-refractivity contribution is 6.30. The fourth-order valence-electron chi connectivity index (χ4n) is 3.34. The van der Waals surface area contributed by atoms with E-state index < -0.39 is 23.7 Å². The highest BCUT2D eigenvalue weighted by Gasteiger charge is 2.36. The van der Waals surface area contributed by atoms with Gasteiger partial charge in [0.2, 0.25) is 5.95 Å². The van der Waals surface area contributed by atoms with Crippen molar-refractivity contribution in [3.05, 3.63) is 82.0 Å². The molecule has 0 fully saturated rings. The minimum absolute atomic E-state index is 0.189. The third-order valence-electron chi connectivity index (χ3n) is 4.77. The van der Waals surface area contributed by atoms with Gasteiger partial charge in [0.25, 0.3) is 11.7 Å². The Bertz CT molecular complexity index is 1210. The number of nitrogens with zero attached hydrogens (tertiary/aromatic N) is 3. The maximum absolute atomic E-state index is 14.8. The molecule has 2 heterocycles. The van der Waals surface area contributed by atoms with Crippen LogP contribution in [0.3, 0.4) is 0 Å². The van der Waals surface area contributed by atoms with E-state index in [4.69, 9.17) is 11.6 Å². The van der Waals surface area contributed by atoms with Gasteiger partial charge in [-0.3, -0.25) is 4.79 Å². The average Bonchev–Trinajstić information content (AvgIpc) is 3.18. The van der Waals surface area contributed by atoms with Crippen LogP contribution in [-0.4, -0.2) is 33.8 Å². The van der Waals surface area contributed by atoms with E-state index in [9.17, 15) is 14.0 Å². The van der Waals surface area contributed by atoms with Gasteiger partial charge >= 0.3 is 5.97 Å². The smallest absolute Gasteiger partial charge is 0.378 e. The van der Waals surface area contributed by atoms with Crippen LogP contribution in [0.1, 0.15) is 29.1 Å². The lowest BCUT2D eigenvalue weighted by Crippen LogP contribution is -2.32. The molecule has 1 aliphatic heterocycles. The molecule has 158 valence electrons. The van der Waals surface area contributed by atoms with Crippen LogP contribution in [0.4, 0.5) is 16.0 Å². The Morgan fingerprint density at radius 1 is 1.19 bits per heavy atom. The van der Waals surface area contributed by atoms with Crippen LogP contribution in [0.2, 0.25) is 5.02 Å². The van der Waals surface area contributed by atoms with E-state index in [1.54, 1.807) is 49.4 Å². The fraction of sp³-hybridized carbons (Fsp3) is 0.143. The number of allylic oxidation sites excluding steroid dienone is 1. The topological polar surface area (TPSA) is 98.1 Å². The second-order valence-electron chi connectivity index (χ2n) is 6.74. The van der Waals surface area contributed by atoms with Crippen molar-refractivity contribution in [2.75, 3.05) is 17.7 Å². The summed E-state index contributed by atoms with van der Waals surface area (Å²) in [7, 11) is 1.21. The molecule has 0 bridgehead atoms. The van der Waals surface area contributed by atoms with E-state index in [1.165, 1.54) is 17.9 Å². The Hall–Kier alpha value is -3.72. The quantitative estimate of drug-likeness (QED) is 0.598. The number of carbonyl (C=O) groups is 2. The molecule has 1 atom stereocenters. The van der Waals surface area contributed by atoms with Crippen LogP contribution in [0, 0.1) is 5.82 Å². The van der Waals surface area contributed by atoms with Crippen molar-refractivity contribution in [1.82, 2.24) is 14.8 Å². The summed E-state index contributed by atoms with van der Waals surface area (Å²) in [4.78, 5) is 29.3. The Morgan fingerprint density at radius 2 is 1.90 bits per heavy atom. The predicted molar refractivity (Wildman–Crippen MR) is 112 cm³/mol. The molecule has 0 unspecified atom stereocenters. The number of amides is 1. The van der Waals surface area contributed by atoms with E-state index in [2.05, 4.69) is 25.5 Å². The summed E-state index contributed by atoms with van der Waals surface area (Å²) in [6.07, 6.45) is 0. The number of fused-ring (bicyclic) bond motifs is 1. The summed E-state index contributed by atoms with van der Waals surface area (Å²) < 4.78 is 20.8. The first-order chi connectivity index (χ1) is 14.9. The Labute approximate surface area is 181 Å². The second kappa shape index (κ2) is 8.19. The fourth-order valence-corrected chi connectivity index (χ4v) is 3.46. The van der Waals surface area contributed by atoms with E-state index >= 15 is 0 Å². The van der Waals surface area contributed by atoms with E-state index in [0.717, 1.165) is 0 Å². The summed E-state index contributed by atoms with van der Waals surface area (Å²) in [5, 5.41) is 10.5. The van der Waals surface area contributed by atoms with Gasteiger partial charge in [0, 0.05) is 22.0 Å². The Kier molecular flexibility index (Phi) is 5.43. The van der Waals surface area contributed by atoms with Gasteiger partial charge in [-0.2, -0.15) is 4.98 Å². The van der Waals surface area contributed by atoms with Crippen LogP contribution < -0.4 is 10.6 Å². The number of hydrogen-bond donors (Lipinski definition) is 2. The number of anilines is 2. The normalized spacial score (nSPS) is 15.2. The lowest BCUT2D eigenvalue weighted by atomic mass is 9.94. The average molecular weight is 442 g/mol. The second-order valence-corrected chi connectivity index (χ2v) is 7.18. The minimum atomic E-state index is -0.962. The zero-order valence-electron chi connectivity index (χ0n) is 16.5. The summed E-state index contributed by atoms with van der Waals surface area (Å²) in [6, 6.07) is 11.7. The largest absolute Gasteiger partial charge is 0.463 e. The zero-order chi connectivity index (χ0) is 22.1. The van der Waals surface area contributed by atoms with Gasteiger partial charge in [-0.1, -0.05) is 29.8 Å². The standard InChI is InChI=1S/C21H17ClFN5O3/c1-11-16(19(29)25-13-9-7-12(22)8-10-13)17(14-5-3-4-6-15(14)23)28-21(24-11)26-18(27-28)20(30)31-2/h3-10,17H,1-2H3,(H,25,29)(H,24,26,27)/t17-/m0/s1. The van der Waals surface area contributed by atoms with Crippen LogP contribution in [0.25, 0.3) is 0 Å². The van der Waals surface area contributed by atoms with Gasteiger partial charge in [0.05, 0.1) is 12.7 Å². The number of benzene rings is 2. The molecule has 1 aliphatic rings. The summed E-state index contributed by atoms with van der Waals surface area (Å²) in [5.74, 6) is -1.77. The van der Waals surface area contributed by atoms with Crippen LogP contribution in [0.5, 0.6) is 0 Å². The summed E-state index contributed by atoms with van der Waals surface area (Å²) in [5.41, 5.74) is 1.37. The van der Waals surface area contributed by atoms with Crippen molar-refractivity contribution in [2.45, 2.75) is 13.0 Å². The third-order valence-corrected chi connectivity index (χ3v) is 5.02. The number of esters is 1. The molecule has 0 saturated heterocycles. The molecule has 2 N–H and O–H groups in total. The number of hydrogen-bond acceptors (Lipinski definition) is 6. The van der Waals surface area contributed by atoms with Crippen molar-refractivity contribution in [2.24, 2.45) is 0 Å². The monoisotopic (exact) mass is 441 g/mol. The molecule has 1 amide bonds.